The Morgan fingerprint density at radius 1 is 1.19 bits per heavy atom. The van der Waals surface area contributed by atoms with Crippen molar-refractivity contribution >= 4 is 17.4 Å². The molecule has 0 saturated heterocycles. The smallest absolute Gasteiger partial charge is 0.431 e. The fourth-order valence-electron chi connectivity index (χ4n) is 2.81. The summed E-state index contributed by atoms with van der Waals surface area (Å²) in [5.74, 6) is -2.13. The predicted molar refractivity (Wildman–Crippen MR) is 109 cm³/mol. The van der Waals surface area contributed by atoms with E-state index in [4.69, 9.17) is 9.15 Å². The van der Waals surface area contributed by atoms with Crippen molar-refractivity contribution in [3.05, 3.63) is 60.1 Å². The average Bonchev–Trinajstić information content (AvgIpc) is 3.21. The highest BCUT2D eigenvalue weighted by atomic mass is 19.4. The van der Waals surface area contributed by atoms with Gasteiger partial charge in [0.1, 0.15) is 5.82 Å². The van der Waals surface area contributed by atoms with Crippen LogP contribution in [0.2, 0.25) is 0 Å². The second-order valence-electron chi connectivity index (χ2n) is 6.69. The van der Waals surface area contributed by atoms with E-state index in [-0.39, 0.29) is 11.6 Å². The highest BCUT2D eigenvalue weighted by Crippen LogP contribution is 2.35. The number of nitrogens with one attached hydrogen (secondary N) is 1. The molecule has 0 atom stereocenters. The molecule has 0 spiro atoms. The third-order valence-electron chi connectivity index (χ3n) is 4.36. The molecule has 0 aliphatic rings. The zero-order valence-corrected chi connectivity index (χ0v) is 16.9. The second-order valence-corrected chi connectivity index (χ2v) is 6.69. The molecule has 1 N–H and O–H groups in total. The Morgan fingerprint density at radius 3 is 2.55 bits per heavy atom. The van der Waals surface area contributed by atoms with Crippen molar-refractivity contribution in [2.75, 3.05) is 37.5 Å². The number of ether oxygens (including phenoxy) is 1. The van der Waals surface area contributed by atoms with Gasteiger partial charge >= 0.3 is 6.18 Å². The van der Waals surface area contributed by atoms with E-state index < -0.39 is 23.5 Å². The topological polar surface area (TPSA) is 80.5 Å². The number of oxazole rings is 1. The summed E-state index contributed by atoms with van der Waals surface area (Å²) >= 11 is 0. The molecule has 0 unspecified atom stereocenters. The minimum atomic E-state index is -4.88. The molecule has 2 heterocycles. The Bertz CT molecular complexity index is 1000. The number of carbonyl (C=O) groups excluding carboxylic acids is 1. The van der Waals surface area contributed by atoms with Crippen LogP contribution in [0.5, 0.6) is 0 Å². The Labute approximate surface area is 176 Å². The van der Waals surface area contributed by atoms with Crippen molar-refractivity contribution in [2.24, 2.45) is 0 Å². The summed E-state index contributed by atoms with van der Waals surface area (Å²) in [5, 5.41) is 2.39. The second kappa shape index (κ2) is 9.61. The van der Waals surface area contributed by atoms with Crippen LogP contribution in [0.3, 0.4) is 0 Å². The van der Waals surface area contributed by atoms with Crippen molar-refractivity contribution in [3.63, 3.8) is 0 Å². The van der Waals surface area contributed by atoms with Gasteiger partial charge in [0.25, 0.3) is 5.91 Å². The van der Waals surface area contributed by atoms with Gasteiger partial charge in [0, 0.05) is 32.9 Å². The third kappa shape index (κ3) is 5.60. The molecule has 7 nitrogen and oxygen atoms in total. The number of pyridine rings is 1. The Hall–Kier alpha value is -3.40. The van der Waals surface area contributed by atoms with E-state index in [1.54, 1.807) is 49.6 Å². The van der Waals surface area contributed by atoms with Gasteiger partial charge in [0.15, 0.2) is 5.69 Å². The quantitative estimate of drug-likeness (QED) is 0.527. The van der Waals surface area contributed by atoms with Crippen LogP contribution in [0.1, 0.15) is 22.7 Å². The van der Waals surface area contributed by atoms with Crippen LogP contribution >= 0.6 is 0 Å². The Morgan fingerprint density at radius 2 is 1.94 bits per heavy atom. The molecule has 10 heteroatoms. The molecule has 2 aromatic heterocycles. The van der Waals surface area contributed by atoms with Crippen LogP contribution in [-0.2, 0) is 10.9 Å². The Kier molecular flexibility index (Phi) is 6.91. The summed E-state index contributed by atoms with van der Waals surface area (Å²) in [6, 6.07) is 11.3. The van der Waals surface area contributed by atoms with Gasteiger partial charge in [0.2, 0.25) is 11.7 Å². The zero-order valence-electron chi connectivity index (χ0n) is 16.9. The van der Waals surface area contributed by atoms with E-state index >= 15 is 0 Å². The number of halogens is 3. The summed E-state index contributed by atoms with van der Waals surface area (Å²) in [5.41, 5.74) is -0.280. The lowest BCUT2D eigenvalue weighted by Crippen LogP contribution is -2.21. The Balaban J connectivity index is 1.77. The summed E-state index contributed by atoms with van der Waals surface area (Å²) in [6.07, 6.45) is -2.70. The van der Waals surface area contributed by atoms with Crippen molar-refractivity contribution in [1.29, 1.82) is 0 Å². The lowest BCUT2D eigenvalue weighted by molar-refractivity contribution is -0.153. The van der Waals surface area contributed by atoms with Gasteiger partial charge in [-0.2, -0.15) is 13.2 Å². The number of rotatable bonds is 8. The van der Waals surface area contributed by atoms with E-state index in [0.29, 0.717) is 24.5 Å². The number of amides is 1. The molecular weight excluding hydrogens is 413 g/mol. The van der Waals surface area contributed by atoms with E-state index in [1.165, 1.54) is 6.20 Å². The first-order chi connectivity index (χ1) is 14.8. The van der Waals surface area contributed by atoms with Gasteiger partial charge in [-0.25, -0.2) is 9.97 Å². The molecule has 0 aliphatic heterocycles. The molecule has 1 amide bonds. The van der Waals surface area contributed by atoms with Gasteiger partial charge in [-0.1, -0.05) is 18.2 Å². The molecule has 0 aliphatic carbocycles. The van der Waals surface area contributed by atoms with E-state index in [2.05, 4.69) is 15.3 Å². The van der Waals surface area contributed by atoms with Crippen LogP contribution < -0.4 is 10.2 Å². The van der Waals surface area contributed by atoms with Crippen molar-refractivity contribution < 1.29 is 27.1 Å². The minimum Gasteiger partial charge on any atom is -0.431 e. The first-order valence-corrected chi connectivity index (χ1v) is 9.40. The van der Waals surface area contributed by atoms with Crippen molar-refractivity contribution in [1.82, 2.24) is 9.97 Å². The number of nitrogens with zero attached hydrogens (tertiary/aromatic N) is 3. The highest BCUT2D eigenvalue weighted by molar-refractivity contribution is 6.04. The summed E-state index contributed by atoms with van der Waals surface area (Å²) < 4.78 is 50.1. The van der Waals surface area contributed by atoms with Crippen LogP contribution in [0.15, 0.2) is 53.1 Å². The molecule has 0 bridgehead atoms. The predicted octanol–water partition coefficient (Wildman–Crippen LogP) is 4.48. The van der Waals surface area contributed by atoms with E-state index in [0.717, 1.165) is 6.42 Å². The number of aromatic nitrogens is 2. The van der Waals surface area contributed by atoms with Gasteiger partial charge < -0.3 is 19.4 Å². The number of hydrogen-bond donors (Lipinski definition) is 1. The largest absolute Gasteiger partial charge is 0.452 e. The van der Waals surface area contributed by atoms with Crippen molar-refractivity contribution in [3.8, 4) is 11.5 Å². The number of carbonyl (C=O) groups is 1. The molecule has 164 valence electrons. The lowest BCUT2D eigenvalue weighted by Gasteiger charge is -2.18. The van der Waals surface area contributed by atoms with Gasteiger partial charge in [-0.05, 0) is 30.7 Å². The average molecular weight is 434 g/mol. The normalized spacial score (nSPS) is 11.4. The number of anilines is 2. The van der Waals surface area contributed by atoms with Crippen LogP contribution in [0.25, 0.3) is 11.5 Å². The number of methoxy groups -OCH3 is 1. The number of benzene rings is 1. The summed E-state index contributed by atoms with van der Waals surface area (Å²) in [7, 11) is 3.48. The maximum atomic E-state index is 13.4. The fourth-order valence-corrected chi connectivity index (χ4v) is 2.81. The van der Waals surface area contributed by atoms with Crippen molar-refractivity contribution in [2.45, 2.75) is 12.6 Å². The first-order valence-electron chi connectivity index (χ1n) is 9.40. The first kappa shape index (κ1) is 22.3. The number of alkyl halides is 3. The van der Waals surface area contributed by atoms with Crippen LogP contribution in [0, 0.1) is 0 Å². The van der Waals surface area contributed by atoms with Gasteiger partial charge in [-0.15, -0.1) is 0 Å². The zero-order chi connectivity index (χ0) is 22.4. The fraction of sp³-hybridized carbons (Fsp3) is 0.286. The molecular formula is C21H21F3N4O3. The minimum absolute atomic E-state index is 0.233. The van der Waals surface area contributed by atoms with Crippen LogP contribution in [-0.4, -0.2) is 43.2 Å². The summed E-state index contributed by atoms with van der Waals surface area (Å²) in [6.45, 7) is 1.32. The number of hydrogen-bond acceptors (Lipinski definition) is 6. The lowest BCUT2D eigenvalue weighted by atomic mass is 10.2. The molecule has 0 saturated carbocycles. The van der Waals surface area contributed by atoms with E-state index in [9.17, 15) is 18.0 Å². The molecule has 3 rings (SSSR count). The molecule has 0 fully saturated rings. The molecule has 3 aromatic rings. The molecule has 31 heavy (non-hydrogen) atoms. The van der Waals surface area contributed by atoms with Gasteiger partial charge in [0.05, 0.1) is 11.9 Å². The van der Waals surface area contributed by atoms with Gasteiger partial charge in [-0.3, -0.25) is 4.79 Å². The van der Waals surface area contributed by atoms with E-state index in [1.807, 2.05) is 11.9 Å². The standard InChI is InChI=1S/C21H21F3N4O3/c1-28(11-6-12-30-2)16-10-9-15(13-25-16)26-19(29)17-18(21(22,23)24)31-20(27-17)14-7-4-3-5-8-14/h3-5,7-10,13H,6,11-12H2,1-2H3,(H,26,29). The SMILES string of the molecule is COCCCN(C)c1ccc(NC(=O)c2nc(-c3ccccc3)oc2C(F)(F)F)cn1. The maximum Gasteiger partial charge on any atom is 0.452 e. The monoisotopic (exact) mass is 434 g/mol. The summed E-state index contributed by atoms with van der Waals surface area (Å²) in [4.78, 5) is 22.5. The molecule has 1 aromatic carbocycles. The molecule has 0 radical (unpaired) electrons. The van der Waals surface area contributed by atoms with Crippen LogP contribution in [0.4, 0.5) is 24.7 Å². The maximum absolute atomic E-state index is 13.4. The highest BCUT2D eigenvalue weighted by Gasteiger charge is 2.42. The third-order valence-corrected chi connectivity index (χ3v) is 4.36.